The maximum Gasteiger partial charge on any atom is 0.289 e. The molecule has 2 aromatic rings. The van der Waals surface area contributed by atoms with Crippen LogP contribution in [-0.2, 0) is 11.3 Å². The molecule has 6 nitrogen and oxygen atoms in total. The first-order valence-corrected chi connectivity index (χ1v) is 9.87. The van der Waals surface area contributed by atoms with Crippen LogP contribution in [0.15, 0.2) is 41.0 Å². The van der Waals surface area contributed by atoms with Crippen molar-refractivity contribution in [3.63, 3.8) is 0 Å². The zero-order valence-electron chi connectivity index (χ0n) is 16.0. The summed E-state index contributed by atoms with van der Waals surface area (Å²) in [4.78, 5) is 18.7. The summed E-state index contributed by atoms with van der Waals surface area (Å²) >= 11 is 0. The molecule has 2 aliphatic heterocycles. The van der Waals surface area contributed by atoms with Crippen molar-refractivity contribution in [3.8, 4) is 0 Å². The number of carbonyl (C=O) groups is 1. The first-order chi connectivity index (χ1) is 13.7. The molecule has 2 saturated heterocycles. The Balaban J connectivity index is 1.38. The van der Waals surface area contributed by atoms with Crippen molar-refractivity contribution in [2.45, 2.75) is 13.0 Å². The van der Waals surface area contributed by atoms with Crippen LogP contribution in [0.2, 0.25) is 0 Å². The third kappa shape index (κ3) is 4.36. The zero-order valence-corrected chi connectivity index (χ0v) is 16.0. The molecule has 3 heterocycles. The summed E-state index contributed by atoms with van der Waals surface area (Å²) in [6, 6.07) is 8.91. The Morgan fingerprint density at radius 3 is 2.64 bits per heavy atom. The number of furan rings is 1. The fourth-order valence-electron chi connectivity index (χ4n) is 3.80. The minimum Gasteiger partial charge on any atom is -0.459 e. The second kappa shape index (κ2) is 8.75. The number of hydrogen-bond donors (Lipinski definition) is 0. The van der Waals surface area contributed by atoms with Crippen LogP contribution in [0.5, 0.6) is 0 Å². The van der Waals surface area contributed by atoms with Crippen LogP contribution in [-0.4, -0.2) is 68.2 Å². The van der Waals surface area contributed by atoms with E-state index in [0.29, 0.717) is 45.2 Å². The first-order valence-electron chi connectivity index (χ1n) is 9.87. The normalized spacial score (nSPS) is 18.9. The first kappa shape index (κ1) is 19.0. The van der Waals surface area contributed by atoms with Crippen molar-refractivity contribution in [2.75, 3.05) is 57.4 Å². The number of amides is 1. The molecule has 28 heavy (non-hydrogen) atoms. The van der Waals surface area contributed by atoms with Crippen LogP contribution in [0.25, 0.3) is 0 Å². The highest BCUT2D eigenvalue weighted by molar-refractivity contribution is 5.91. The second-order valence-electron chi connectivity index (χ2n) is 7.27. The Labute approximate surface area is 164 Å². The van der Waals surface area contributed by atoms with Gasteiger partial charge in [-0.25, -0.2) is 4.39 Å². The van der Waals surface area contributed by atoms with Gasteiger partial charge in [-0.15, -0.1) is 0 Å². The maximum absolute atomic E-state index is 14.7. The van der Waals surface area contributed by atoms with Gasteiger partial charge in [0.05, 0.1) is 19.5 Å². The average Bonchev–Trinajstić information content (AvgIpc) is 3.14. The van der Waals surface area contributed by atoms with E-state index in [1.165, 1.54) is 6.26 Å². The molecule has 2 fully saturated rings. The van der Waals surface area contributed by atoms with E-state index in [2.05, 4.69) is 9.80 Å². The highest BCUT2D eigenvalue weighted by Crippen LogP contribution is 2.22. The van der Waals surface area contributed by atoms with Crippen LogP contribution in [0.3, 0.4) is 0 Å². The zero-order chi connectivity index (χ0) is 19.3. The number of halogens is 1. The number of morpholine rings is 1. The van der Waals surface area contributed by atoms with E-state index in [1.54, 1.807) is 18.2 Å². The molecule has 0 spiro atoms. The van der Waals surface area contributed by atoms with Crippen molar-refractivity contribution in [3.05, 3.63) is 53.7 Å². The second-order valence-corrected chi connectivity index (χ2v) is 7.27. The number of ether oxygens (including phenoxy) is 1. The lowest BCUT2D eigenvalue weighted by atomic mass is 10.1. The van der Waals surface area contributed by atoms with E-state index in [0.717, 1.165) is 37.3 Å². The van der Waals surface area contributed by atoms with Gasteiger partial charge in [-0.2, -0.15) is 0 Å². The largest absolute Gasteiger partial charge is 0.459 e. The van der Waals surface area contributed by atoms with Crippen LogP contribution >= 0.6 is 0 Å². The molecular weight excluding hydrogens is 361 g/mol. The number of nitrogens with zero attached hydrogens (tertiary/aromatic N) is 3. The van der Waals surface area contributed by atoms with E-state index in [9.17, 15) is 9.18 Å². The number of carbonyl (C=O) groups excluding carboxylic acids is 1. The van der Waals surface area contributed by atoms with Gasteiger partial charge in [-0.1, -0.05) is 6.07 Å². The molecule has 0 aliphatic carbocycles. The van der Waals surface area contributed by atoms with E-state index < -0.39 is 0 Å². The maximum atomic E-state index is 14.7. The lowest BCUT2D eigenvalue weighted by molar-refractivity contribution is 0.0337. The molecule has 4 rings (SSSR count). The fourth-order valence-corrected chi connectivity index (χ4v) is 3.80. The van der Waals surface area contributed by atoms with Gasteiger partial charge >= 0.3 is 0 Å². The predicted molar refractivity (Wildman–Crippen MR) is 104 cm³/mol. The standard InChI is InChI=1S/C21H26FN3O3/c22-19-15-18(5-4-17(19)16-23-10-13-27-14-11-23)24-6-2-7-25(9-8-24)21(26)20-3-1-12-28-20/h1,3-5,12,15H,2,6-11,13-14,16H2. The quantitative estimate of drug-likeness (QED) is 0.807. The van der Waals surface area contributed by atoms with Gasteiger partial charge < -0.3 is 19.0 Å². The molecule has 1 amide bonds. The minimum absolute atomic E-state index is 0.0844. The number of benzene rings is 1. The molecule has 0 bridgehead atoms. The topological polar surface area (TPSA) is 49.2 Å². The van der Waals surface area contributed by atoms with E-state index in [4.69, 9.17) is 9.15 Å². The average molecular weight is 387 g/mol. The summed E-state index contributed by atoms with van der Waals surface area (Å²) in [6.45, 7) is 6.45. The van der Waals surface area contributed by atoms with E-state index in [1.807, 2.05) is 17.0 Å². The molecular formula is C21H26FN3O3. The van der Waals surface area contributed by atoms with Crippen LogP contribution in [0.4, 0.5) is 10.1 Å². The molecule has 0 atom stereocenters. The molecule has 0 unspecified atom stereocenters. The molecule has 7 heteroatoms. The van der Waals surface area contributed by atoms with Crippen molar-refractivity contribution in [2.24, 2.45) is 0 Å². The van der Waals surface area contributed by atoms with E-state index in [-0.39, 0.29) is 11.7 Å². The smallest absolute Gasteiger partial charge is 0.289 e. The highest BCUT2D eigenvalue weighted by Gasteiger charge is 2.22. The summed E-state index contributed by atoms with van der Waals surface area (Å²) < 4.78 is 25.3. The van der Waals surface area contributed by atoms with Crippen LogP contribution < -0.4 is 4.90 Å². The van der Waals surface area contributed by atoms with E-state index >= 15 is 0 Å². The van der Waals surface area contributed by atoms with Gasteiger partial charge in [0.25, 0.3) is 5.91 Å². The monoisotopic (exact) mass is 387 g/mol. The van der Waals surface area contributed by atoms with Crippen LogP contribution in [0, 0.1) is 5.82 Å². The SMILES string of the molecule is O=C(c1ccco1)N1CCCN(c2ccc(CN3CCOCC3)c(F)c2)CC1. The number of anilines is 1. The Kier molecular flexibility index (Phi) is 5.92. The van der Waals surface area contributed by atoms with Gasteiger partial charge in [0.1, 0.15) is 5.82 Å². The molecule has 0 radical (unpaired) electrons. The molecule has 0 N–H and O–H groups in total. The van der Waals surface area contributed by atoms with Gasteiger partial charge in [-0.3, -0.25) is 9.69 Å². The summed E-state index contributed by atoms with van der Waals surface area (Å²) in [5.74, 6) is 0.114. The van der Waals surface area contributed by atoms with Crippen molar-refractivity contribution < 1.29 is 18.3 Å². The summed E-state index contributed by atoms with van der Waals surface area (Å²) in [5, 5.41) is 0. The highest BCUT2D eigenvalue weighted by atomic mass is 19.1. The predicted octanol–water partition coefficient (Wildman–Crippen LogP) is 2.60. The number of rotatable bonds is 4. The van der Waals surface area contributed by atoms with Gasteiger partial charge in [0, 0.05) is 57.1 Å². The molecule has 1 aromatic heterocycles. The summed E-state index contributed by atoms with van der Waals surface area (Å²) in [7, 11) is 0. The van der Waals surface area contributed by atoms with Crippen molar-refractivity contribution in [1.82, 2.24) is 9.80 Å². The Hall–Kier alpha value is -2.38. The van der Waals surface area contributed by atoms with Gasteiger partial charge in [0.15, 0.2) is 5.76 Å². The lowest BCUT2D eigenvalue weighted by Crippen LogP contribution is -2.36. The van der Waals surface area contributed by atoms with Gasteiger partial charge in [-0.05, 0) is 30.7 Å². The van der Waals surface area contributed by atoms with Crippen molar-refractivity contribution >= 4 is 11.6 Å². The third-order valence-electron chi connectivity index (χ3n) is 5.41. The Morgan fingerprint density at radius 1 is 1.04 bits per heavy atom. The molecule has 150 valence electrons. The molecule has 1 aromatic carbocycles. The Bertz CT molecular complexity index is 790. The lowest BCUT2D eigenvalue weighted by Gasteiger charge is -2.27. The molecule has 0 saturated carbocycles. The third-order valence-corrected chi connectivity index (χ3v) is 5.41. The van der Waals surface area contributed by atoms with Gasteiger partial charge in [0.2, 0.25) is 0 Å². The summed E-state index contributed by atoms with van der Waals surface area (Å²) in [5.41, 5.74) is 1.59. The minimum atomic E-state index is -0.170. The Morgan fingerprint density at radius 2 is 1.89 bits per heavy atom. The summed E-state index contributed by atoms with van der Waals surface area (Å²) in [6.07, 6.45) is 2.35. The fraction of sp³-hybridized carbons (Fsp3) is 0.476. The molecule has 2 aliphatic rings. The van der Waals surface area contributed by atoms with Crippen LogP contribution in [0.1, 0.15) is 22.5 Å². The number of hydrogen-bond acceptors (Lipinski definition) is 5. The van der Waals surface area contributed by atoms with Crippen molar-refractivity contribution in [1.29, 1.82) is 0 Å².